The Balaban J connectivity index is 1.76. The van der Waals surface area contributed by atoms with E-state index in [0.29, 0.717) is 0 Å². The summed E-state index contributed by atoms with van der Waals surface area (Å²) < 4.78 is 2.23. The van der Waals surface area contributed by atoms with Crippen LogP contribution in [0.4, 0.5) is 0 Å². The molecule has 0 aromatic heterocycles. The van der Waals surface area contributed by atoms with Gasteiger partial charge in [-0.15, -0.1) is 0 Å². The number of hydrogen-bond donors (Lipinski definition) is 0. The monoisotopic (exact) mass is 254 g/mol. The van der Waals surface area contributed by atoms with Crippen molar-refractivity contribution in [2.45, 2.75) is 33.6 Å². The van der Waals surface area contributed by atoms with Crippen LogP contribution in [-0.2, 0) is 0 Å². The summed E-state index contributed by atoms with van der Waals surface area (Å²) in [6, 6.07) is 0. The van der Waals surface area contributed by atoms with Crippen molar-refractivity contribution in [3.8, 4) is 0 Å². The van der Waals surface area contributed by atoms with Crippen molar-refractivity contribution >= 4 is 21.1 Å². The van der Waals surface area contributed by atoms with Crippen molar-refractivity contribution in [3.63, 3.8) is 0 Å². The molecule has 0 saturated carbocycles. The van der Waals surface area contributed by atoms with Gasteiger partial charge in [0.05, 0.1) is 0 Å². The van der Waals surface area contributed by atoms with Crippen molar-refractivity contribution in [1.29, 1.82) is 0 Å². The van der Waals surface area contributed by atoms with Crippen LogP contribution >= 0.6 is 0 Å². The summed E-state index contributed by atoms with van der Waals surface area (Å²) in [5, 5.41) is 0. The molecule has 0 bridgehead atoms. The fraction of sp³-hybridized carbons (Fsp3) is 0.600. The van der Waals surface area contributed by atoms with Crippen molar-refractivity contribution in [2.24, 2.45) is 0 Å². The molecule has 0 aliphatic heterocycles. The molecular weight excluding hydrogens is 239 g/mol. The van der Waals surface area contributed by atoms with Crippen LogP contribution in [0.5, 0.6) is 0 Å². The van der Waals surface area contributed by atoms with Gasteiger partial charge in [-0.25, -0.2) is 0 Å². The average molecular weight is 253 g/mol. The summed E-state index contributed by atoms with van der Waals surface area (Å²) in [6.45, 7) is 0. The van der Waals surface area contributed by atoms with Crippen molar-refractivity contribution in [2.75, 3.05) is 0 Å². The van der Waals surface area contributed by atoms with Gasteiger partial charge in [-0.2, -0.15) is 0 Å². The van der Waals surface area contributed by atoms with Crippen molar-refractivity contribution in [3.05, 3.63) is 24.3 Å². The molecule has 2 rings (SSSR count). The van der Waals surface area contributed by atoms with Gasteiger partial charge in [-0.3, -0.25) is 0 Å². The van der Waals surface area contributed by atoms with E-state index in [2.05, 4.69) is 24.3 Å². The van der Waals surface area contributed by atoms with Gasteiger partial charge in [0.15, 0.2) is 0 Å². The van der Waals surface area contributed by atoms with E-state index < -0.39 is 0 Å². The fourth-order valence-electron chi connectivity index (χ4n) is 1.83. The topological polar surface area (TPSA) is 0 Å². The van der Waals surface area contributed by atoms with E-state index in [9.17, 15) is 0 Å². The van der Waals surface area contributed by atoms with Gasteiger partial charge >= 0.3 is 79.0 Å². The third kappa shape index (κ3) is 2.11. The van der Waals surface area contributed by atoms with E-state index in [1.807, 2.05) is 0 Å². The minimum atomic E-state index is -0.0582. The predicted molar refractivity (Wildman–Crippen MR) is 50.0 cm³/mol. The molecule has 2 aliphatic carbocycles. The zero-order valence-corrected chi connectivity index (χ0v) is 9.65. The van der Waals surface area contributed by atoms with E-state index in [-0.39, 0.29) is 21.1 Å². The zero-order chi connectivity index (χ0) is 7.52. The van der Waals surface area contributed by atoms with Crippen molar-refractivity contribution in [1.82, 2.24) is 0 Å². The molecule has 2 radical (unpaired) electrons. The Morgan fingerprint density at radius 2 is 1.91 bits per heavy atom. The van der Waals surface area contributed by atoms with E-state index >= 15 is 0 Å². The minimum absolute atomic E-state index is 0.0582. The molecule has 0 saturated heterocycles. The second-order valence-electron chi connectivity index (χ2n) is 3.42. The first-order valence-electron chi connectivity index (χ1n) is 4.53. The first-order chi connectivity index (χ1) is 5.45. The molecule has 1 heteroatoms. The second kappa shape index (κ2) is 3.79. The van der Waals surface area contributed by atoms with Crippen LogP contribution < -0.4 is 0 Å². The summed E-state index contributed by atoms with van der Waals surface area (Å²) in [5.41, 5.74) is 0. The normalized spacial score (nSPS) is 30.4. The molecular formula is C10H14Sn. The molecule has 0 N–H and O–H groups in total. The fourth-order valence-corrected chi connectivity index (χ4v) is 6.77. The van der Waals surface area contributed by atoms with Crippen LogP contribution in [0.15, 0.2) is 24.3 Å². The van der Waals surface area contributed by atoms with Gasteiger partial charge in [0, 0.05) is 0 Å². The number of rotatable bonds is 2. The zero-order valence-electron chi connectivity index (χ0n) is 6.79. The Kier molecular flexibility index (Phi) is 2.72. The first-order valence-corrected chi connectivity index (χ1v) is 7.82. The van der Waals surface area contributed by atoms with Gasteiger partial charge in [0.1, 0.15) is 0 Å². The number of hydrogen-bond acceptors (Lipinski definition) is 0. The Morgan fingerprint density at radius 3 is 2.55 bits per heavy atom. The molecule has 0 aromatic carbocycles. The first kappa shape index (κ1) is 7.90. The Labute approximate surface area is 79.0 Å². The molecule has 11 heavy (non-hydrogen) atoms. The van der Waals surface area contributed by atoms with E-state index in [1.54, 1.807) is 0 Å². The summed E-state index contributed by atoms with van der Waals surface area (Å²) in [7, 11) is 0. The summed E-state index contributed by atoms with van der Waals surface area (Å²) in [4.78, 5) is 0. The number of allylic oxidation sites excluding steroid dienone is 4. The van der Waals surface area contributed by atoms with E-state index in [1.165, 1.54) is 25.7 Å². The van der Waals surface area contributed by atoms with Crippen LogP contribution in [-0.4, -0.2) is 21.1 Å². The van der Waals surface area contributed by atoms with E-state index in [0.717, 1.165) is 7.87 Å². The van der Waals surface area contributed by atoms with Crippen molar-refractivity contribution < 1.29 is 0 Å². The van der Waals surface area contributed by atoms with Gasteiger partial charge in [0.25, 0.3) is 0 Å². The van der Waals surface area contributed by atoms with Gasteiger partial charge in [-0.05, 0) is 0 Å². The summed E-state index contributed by atoms with van der Waals surface area (Å²) >= 11 is -0.0582. The molecule has 0 aromatic rings. The standard InChI is InChI=1S/2C5H7.Sn/c2*1-2-4-5-3-1;/h1-2,5H,3-4H2;1-3H,4-5H2;. The van der Waals surface area contributed by atoms with Crippen LogP contribution in [0, 0.1) is 0 Å². The Hall–Kier alpha value is 0.279. The molecule has 0 spiro atoms. The molecule has 1 atom stereocenters. The molecule has 1 unspecified atom stereocenters. The van der Waals surface area contributed by atoms with Crippen LogP contribution in [0.3, 0.4) is 0 Å². The maximum absolute atomic E-state index is 2.49. The molecule has 58 valence electrons. The predicted octanol–water partition coefficient (Wildman–Crippen LogP) is 2.97. The van der Waals surface area contributed by atoms with Crippen LogP contribution in [0.2, 0.25) is 7.87 Å². The summed E-state index contributed by atoms with van der Waals surface area (Å²) in [6.07, 6.45) is 15.3. The second-order valence-corrected chi connectivity index (χ2v) is 8.82. The molecule has 0 amide bonds. The third-order valence-electron chi connectivity index (χ3n) is 2.47. The summed E-state index contributed by atoms with van der Waals surface area (Å²) in [5.74, 6) is 0. The molecule has 0 fully saturated rings. The maximum atomic E-state index is 2.49. The average Bonchev–Trinajstić information content (AvgIpc) is 2.60. The SMILES string of the molecule is C1=C[CH]([Sn][CH]2CC=CC2)CC1. The van der Waals surface area contributed by atoms with Crippen LogP contribution in [0.25, 0.3) is 0 Å². The quantitative estimate of drug-likeness (QED) is 0.524. The molecule has 2 aliphatic rings. The molecule has 0 heterocycles. The Morgan fingerprint density at radius 1 is 1.09 bits per heavy atom. The van der Waals surface area contributed by atoms with Gasteiger partial charge in [-0.1, -0.05) is 0 Å². The van der Waals surface area contributed by atoms with Crippen LogP contribution in [0.1, 0.15) is 25.7 Å². The molecule has 0 nitrogen and oxygen atoms in total. The van der Waals surface area contributed by atoms with Gasteiger partial charge in [0.2, 0.25) is 0 Å². The Bertz CT molecular complexity index is 173. The van der Waals surface area contributed by atoms with E-state index in [4.69, 9.17) is 0 Å². The van der Waals surface area contributed by atoms with Gasteiger partial charge < -0.3 is 0 Å². The third-order valence-corrected chi connectivity index (χ3v) is 7.76.